The number of sulfonamides is 1. The highest BCUT2D eigenvalue weighted by Gasteiger charge is 2.38. The maximum Gasteiger partial charge on any atom is 0.253 e. The van der Waals surface area contributed by atoms with E-state index in [1.165, 1.54) is 0 Å². The molecule has 1 aromatic heterocycles. The fraction of sp³-hybridized carbons (Fsp3) is 0.286. The Balaban J connectivity index is 1.89. The van der Waals surface area contributed by atoms with Crippen LogP contribution in [0.5, 0.6) is 0 Å². The normalized spacial score (nSPS) is 15.5. The molecule has 4 nitrogen and oxygen atoms in total. The summed E-state index contributed by atoms with van der Waals surface area (Å²) in [6.45, 7) is 0.364. The zero-order chi connectivity index (χ0) is 15.0. The van der Waals surface area contributed by atoms with Gasteiger partial charge >= 0.3 is 0 Å². The zero-order valence-electron chi connectivity index (χ0n) is 11.2. The van der Waals surface area contributed by atoms with Gasteiger partial charge in [-0.05, 0) is 42.7 Å². The molecule has 0 amide bonds. The fourth-order valence-electron chi connectivity index (χ4n) is 2.13. The predicted molar refractivity (Wildman–Crippen MR) is 85.9 cm³/mol. The van der Waals surface area contributed by atoms with Crippen LogP contribution in [0.2, 0.25) is 4.34 Å². The van der Waals surface area contributed by atoms with Crippen LogP contribution in [0.15, 0.2) is 40.6 Å². The van der Waals surface area contributed by atoms with E-state index >= 15 is 0 Å². The van der Waals surface area contributed by atoms with E-state index in [0.717, 1.165) is 29.7 Å². The summed E-state index contributed by atoms with van der Waals surface area (Å²) in [6.07, 6.45) is 1.82. The van der Waals surface area contributed by atoms with Crippen LogP contribution < -0.4 is 5.73 Å². The molecular formula is C14H15ClN2O2S2. The summed E-state index contributed by atoms with van der Waals surface area (Å²) < 4.78 is 27.9. The minimum Gasteiger partial charge on any atom is -0.399 e. The Hall–Kier alpha value is -1.08. The molecule has 1 saturated carbocycles. The van der Waals surface area contributed by atoms with Crippen LogP contribution in [0.4, 0.5) is 5.69 Å². The SMILES string of the molecule is Nc1ccc(CN(C2CC2)S(=O)(=O)c2ccc(Cl)s2)cc1. The van der Waals surface area contributed by atoms with Crippen molar-refractivity contribution in [1.82, 2.24) is 4.31 Å². The molecule has 0 bridgehead atoms. The fourth-order valence-corrected chi connectivity index (χ4v) is 5.41. The topological polar surface area (TPSA) is 63.4 Å². The number of benzene rings is 1. The van der Waals surface area contributed by atoms with Crippen molar-refractivity contribution in [3.63, 3.8) is 0 Å². The monoisotopic (exact) mass is 342 g/mol. The van der Waals surface area contributed by atoms with Crippen LogP contribution in [-0.4, -0.2) is 18.8 Å². The van der Waals surface area contributed by atoms with Crippen molar-refractivity contribution < 1.29 is 8.42 Å². The first-order valence-electron chi connectivity index (χ1n) is 6.58. The van der Waals surface area contributed by atoms with Gasteiger partial charge in [0.2, 0.25) is 0 Å². The van der Waals surface area contributed by atoms with Gasteiger partial charge in [-0.25, -0.2) is 8.42 Å². The second kappa shape index (κ2) is 5.61. The van der Waals surface area contributed by atoms with E-state index < -0.39 is 10.0 Å². The summed E-state index contributed by atoms with van der Waals surface area (Å²) in [7, 11) is -3.49. The number of nitrogens with zero attached hydrogens (tertiary/aromatic N) is 1. The van der Waals surface area contributed by atoms with Gasteiger partial charge in [-0.3, -0.25) is 0 Å². The van der Waals surface area contributed by atoms with E-state index in [2.05, 4.69) is 0 Å². The molecule has 0 atom stereocenters. The van der Waals surface area contributed by atoms with Crippen LogP contribution in [0.25, 0.3) is 0 Å². The molecule has 0 saturated heterocycles. The molecule has 112 valence electrons. The van der Waals surface area contributed by atoms with E-state index in [9.17, 15) is 8.42 Å². The lowest BCUT2D eigenvalue weighted by atomic mass is 10.2. The first kappa shape index (κ1) is 14.8. The van der Waals surface area contributed by atoms with Gasteiger partial charge < -0.3 is 5.73 Å². The minimum atomic E-state index is -3.49. The van der Waals surface area contributed by atoms with Gasteiger partial charge in [-0.15, -0.1) is 11.3 Å². The van der Waals surface area contributed by atoms with Crippen molar-refractivity contribution >= 4 is 38.6 Å². The molecule has 7 heteroatoms. The van der Waals surface area contributed by atoms with Gasteiger partial charge in [-0.2, -0.15) is 4.31 Å². The van der Waals surface area contributed by atoms with E-state index in [0.29, 0.717) is 20.8 Å². The highest BCUT2D eigenvalue weighted by atomic mass is 35.5. The summed E-state index contributed by atoms with van der Waals surface area (Å²) in [5.41, 5.74) is 7.27. The summed E-state index contributed by atoms with van der Waals surface area (Å²) in [4.78, 5) is 0. The van der Waals surface area contributed by atoms with Gasteiger partial charge in [0.25, 0.3) is 10.0 Å². The van der Waals surface area contributed by atoms with Gasteiger partial charge in [0.15, 0.2) is 0 Å². The second-order valence-corrected chi connectivity index (χ2v) is 8.91. The molecule has 0 spiro atoms. The standard InChI is InChI=1S/C14H15ClN2O2S2/c15-13-7-8-14(20-13)21(18,19)17(12-5-6-12)9-10-1-3-11(16)4-2-10/h1-4,7-8,12H,5-6,9,16H2. The molecule has 1 aliphatic rings. The molecule has 0 aliphatic heterocycles. The van der Waals surface area contributed by atoms with Crippen LogP contribution >= 0.6 is 22.9 Å². The number of nitrogens with two attached hydrogens (primary N) is 1. The second-order valence-electron chi connectivity index (χ2n) is 5.08. The van der Waals surface area contributed by atoms with Gasteiger partial charge in [0.05, 0.1) is 4.34 Å². The third-order valence-electron chi connectivity index (χ3n) is 3.38. The lowest BCUT2D eigenvalue weighted by Crippen LogP contribution is -2.32. The van der Waals surface area contributed by atoms with Crippen LogP contribution in [0, 0.1) is 0 Å². The molecular weight excluding hydrogens is 328 g/mol. The number of anilines is 1. The number of nitrogen functional groups attached to an aromatic ring is 1. The Morgan fingerprint density at radius 3 is 2.38 bits per heavy atom. The molecule has 1 heterocycles. The molecule has 1 aromatic carbocycles. The van der Waals surface area contributed by atoms with E-state index in [-0.39, 0.29) is 6.04 Å². The average molecular weight is 343 g/mol. The van der Waals surface area contributed by atoms with Crippen LogP contribution in [0.1, 0.15) is 18.4 Å². The van der Waals surface area contributed by atoms with Crippen molar-refractivity contribution in [3.8, 4) is 0 Å². The van der Waals surface area contributed by atoms with Crippen molar-refractivity contribution in [2.75, 3.05) is 5.73 Å². The minimum absolute atomic E-state index is 0.0911. The highest BCUT2D eigenvalue weighted by Crippen LogP contribution is 2.36. The van der Waals surface area contributed by atoms with Crippen molar-refractivity contribution in [2.45, 2.75) is 29.6 Å². The van der Waals surface area contributed by atoms with Crippen molar-refractivity contribution in [2.24, 2.45) is 0 Å². The summed E-state index contributed by atoms with van der Waals surface area (Å²) in [5, 5.41) is 0. The Morgan fingerprint density at radius 1 is 1.19 bits per heavy atom. The smallest absolute Gasteiger partial charge is 0.253 e. The largest absolute Gasteiger partial charge is 0.399 e. The molecule has 0 unspecified atom stereocenters. The summed E-state index contributed by atoms with van der Waals surface area (Å²) in [6, 6.07) is 10.6. The number of halogens is 1. The van der Waals surface area contributed by atoms with Gasteiger partial charge in [-0.1, -0.05) is 23.7 Å². The molecule has 1 fully saturated rings. The summed E-state index contributed by atoms with van der Waals surface area (Å²) in [5.74, 6) is 0. The highest BCUT2D eigenvalue weighted by molar-refractivity contribution is 7.91. The first-order valence-corrected chi connectivity index (χ1v) is 9.22. The average Bonchev–Trinajstić information content (AvgIpc) is 3.18. The molecule has 0 radical (unpaired) electrons. The predicted octanol–water partition coefficient (Wildman–Crippen LogP) is 3.34. The third-order valence-corrected chi connectivity index (χ3v) is 6.98. The molecule has 21 heavy (non-hydrogen) atoms. The molecule has 2 aromatic rings. The number of thiophene rings is 1. The molecule has 3 rings (SSSR count). The maximum absolute atomic E-state index is 12.8. The lowest BCUT2D eigenvalue weighted by Gasteiger charge is -2.21. The Labute approximate surface area is 133 Å². The Kier molecular flexibility index (Phi) is 3.96. The molecule has 2 N–H and O–H groups in total. The van der Waals surface area contributed by atoms with Gasteiger partial charge in [0, 0.05) is 18.3 Å². The Bertz CT molecular complexity index is 737. The number of hydrogen-bond donors (Lipinski definition) is 1. The maximum atomic E-state index is 12.8. The zero-order valence-corrected chi connectivity index (χ0v) is 13.6. The first-order chi connectivity index (χ1) is 9.96. The van der Waals surface area contributed by atoms with E-state index in [1.807, 2.05) is 12.1 Å². The quantitative estimate of drug-likeness (QED) is 0.847. The lowest BCUT2D eigenvalue weighted by molar-refractivity contribution is 0.400. The third kappa shape index (κ3) is 3.23. The van der Waals surface area contributed by atoms with Crippen molar-refractivity contribution in [3.05, 3.63) is 46.3 Å². The Morgan fingerprint density at radius 2 is 1.86 bits per heavy atom. The van der Waals surface area contributed by atoms with E-state index in [4.69, 9.17) is 17.3 Å². The van der Waals surface area contributed by atoms with Crippen LogP contribution in [0.3, 0.4) is 0 Å². The summed E-state index contributed by atoms with van der Waals surface area (Å²) >= 11 is 6.96. The van der Waals surface area contributed by atoms with Crippen LogP contribution in [-0.2, 0) is 16.6 Å². The van der Waals surface area contributed by atoms with E-state index in [1.54, 1.807) is 28.6 Å². The van der Waals surface area contributed by atoms with Crippen molar-refractivity contribution in [1.29, 1.82) is 0 Å². The molecule has 1 aliphatic carbocycles. The van der Waals surface area contributed by atoms with Gasteiger partial charge in [0.1, 0.15) is 4.21 Å². The number of rotatable bonds is 5. The number of hydrogen-bond acceptors (Lipinski definition) is 4.